The van der Waals surface area contributed by atoms with Crippen molar-refractivity contribution in [2.75, 3.05) is 17.5 Å². The molecule has 5 heteroatoms. The summed E-state index contributed by atoms with van der Waals surface area (Å²) in [6, 6.07) is 0. The van der Waals surface area contributed by atoms with Crippen LogP contribution in [-0.4, -0.2) is 47.3 Å². The van der Waals surface area contributed by atoms with Crippen molar-refractivity contribution in [3.05, 3.63) is 0 Å². The van der Waals surface area contributed by atoms with E-state index in [2.05, 4.69) is 53.9 Å². The van der Waals surface area contributed by atoms with Crippen LogP contribution < -0.4 is 0 Å². The van der Waals surface area contributed by atoms with E-state index in [9.17, 15) is 0 Å². The Balaban J connectivity index is 0. The summed E-state index contributed by atoms with van der Waals surface area (Å²) in [6.07, 6.45) is 1.84. The minimum Gasteiger partial charge on any atom is -0.382 e. The van der Waals surface area contributed by atoms with E-state index < -0.39 is 8.80 Å². The molecule has 0 fully saturated rings. The third-order valence-electron chi connectivity index (χ3n) is 1.70. The molecule has 0 saturated heterocycles. The van der Waals surface area contributed by atoms with Gasteiger partial charge in [0.05, 0.1) is 26.9 Å². The van der Waals surface area contributed by atoms with Crippen LogP contribution in [0.15, 0.2) is 0 Å². The lowest BCUT2D eigenvalue weighted by Crippen LogP contribution is -2.15. The second kappa shape index (κ2) is 14.1. The molecule has 0 aliphatic carbocycles. The van der Waals surface area contributed by atoms with Gasteiger partial charge in [-0.1, -0.05) is 26.2 Å². The zero-order valence-corrected chi connectivity index (χ0v) is 16.8. The minimum atomic E-state index is -0.449. The number of hydrogen-bond acceptors (Lipinski definition) is 3. The summed E-state index contributed by atoms with van der Waals surface area (Å²) in [5.74, 6) is 0.878. The van der Waals surface area contributed by atoms with Crippen molar-refractivity contribution < 1.29 is 9.47 Å². The number of rotatable bonds is 8. The molecule has 0 bridgehead atoms. The second-order valence-electron chi connectivity index (χ2n) is 5.87. The first-order valence-corrected chi connectivity index (χ1v) is 14.5. The summed E-state index contributed by atoms with van der Waals surface area (Å²) in [5, 5.41) is 1.34. The molecular weight excluding hydrogens is 276 g/mol. The third kappa shape index (κ3) is 25.5. The van der Waals surface area contributed by atoms with Crippen LogP contribution in [0.1, 0.15) is 27.7 Å². The smallest absolute Gasteiger partial charge is 0.0921 e. The van der Waals surface area contributed by atoms with E-state index in [0.717, 1.165) is 12.2 Å². The van der Waals surface area contributed by atoms with Gasteiger partial charge in [-0.15, -0.1) is 11.8 Å². The first kappa shape index (κ1) is 21.0. The van der Waals surface area contributed by atoms with Gasteiger partial charge in [0, 0.05) is 15.0 Å². The van der Waals surface area contributed by atoms with Gasteiger partial charge in [0.2, 0.25) is 0 Å². The van der Waals surface area contributed by atoms with Crippen LogP contribution in [0.3, 0.4) is 0 Å². The third-order valence-corrected chi connectivity index (χ3v) is 6.47. The molecule has 0 heterocycles. The molecule has 2 nitrogen and oxygen atoms in total. The highest BCUT2D eigenvalue weighted by Crippen LogP contribution is 2.03. The Labute approximate surface area is 122 Å². The molecule has 0 atom stereocenters. The predicted octanol–water partition coefficient (Wildman–Crippen LogP) is 3.57. The number of thioether (sulfide) groups is 1. The van der Waals surface area contributed by atoms with Crippen LogP contribution in [-0.2, 0) is 9.47 Å². The van der Waals surface area contributed by atoms with Gasteiger partial charge in [-0.05, 0) is 33.1 Å². The average molecular weight is 311 g/mol. The SMILES string of the molecule is CC(C)OCSC[SiH](C)C.CC(C)OC[SiH](C)C. The molecule has 0 rings (SSSR count). The fourth-order valence-corrected chi connectivity index (χ4v) is 4.26. The lowest BCUT2D eigenvalue weighted by atomic mass is 10.5. The van der Waals surface area contributed by atoms with Crippen molar-refractivity contribution in [2.24, 2.45) is 0 Å². The van der Waals surface area contributed by atoms with E-state index in [-0.39, 0.29) is 8.80 Å². The van der Waals surface area contributed by atoms with Gasteiger partial charge in [-0.2, -0.15) is 0 Å². The Hall–Kier alpha value is 0.704. The van der Waals surface area contributed by atoms with Gasteiger partial charge >= 0.3 is 0 Å². The van der Waals surface area contributed by atoms with E-state index in [1.165, 1.54) is 5.38 Å². The standard InChI is InChI=1S/C7H18OSSi.C6H16OSi/c1-7(2)8-5-9-6-10(3)4;1-6(2)7-5-8(3)4/h7,10H,5-6H2,1-4H3;6,8H,5H2,1-4H3. The van der Waals surface area contributed by atoms with Crippen molar-refractivity contribution in [1.29, 1.82) is 0 Å². The van der Waals surface area contributed by atoms with Crippen LogP contribution in [0.25, 0.3) is 0 Å². The van der Waals surface area contributed by atoms with Crippen molar-refractivity contribution in [3.8, 4) is 0 Å². The molecular formula is C13H34O2SSi2. The molecule has 0 saturated carbocycles. The van der Waals surface area contributed by atoms with Gasteiger partial charge in [0.15, 0.2) is 0 Å². The summed E-state index contributed by atoms with van der Waals surface area (Å²) in [7, 11) is -0.799. The zero-order valence-electron chi connectivity index (χ0n) is 13.7. The maximum atomic E-state index is 5.38. The molecule has 0 aliphatic heterocycles. The molecule has 0 radical (unpaired) electrons. The summed E-state index contributed by atoms with van der Waals surface area (Å²) < 4.78 is 10.7. The molecule has 0 amide bonds. The topological polar surface area (TPSA) is 18.5 Å². The highest BCUT2D eigenvalue weighted by molar-refractivity contribution is 8.00. The Morgan fingerprint density at radius 2 is 1.33 bits per heavy atom. The van der Waals surface area contributed by atoms with E-state index in [4.69, 9.17) is 9.47 Å². The van der Waals surface area contributed by atoms with E-state index in [1.807, 2.05) is 11.8 Å². The summed E-state index contributed by atoms with van der Waals surface area (Å²) >= 11 is 1.93. The summed E-state index contributed by atoms with van der Waals surface area (Å²) in [5.41, 5.74) is 0. The van der Waals surface area contributed by atoms with E-state index >= 15 is 0 Å². The maximum absolute atomic E-state index is 5.38. The molecule has 0 aromatic rings. The molecule has 0 aromatic heterocycles. The predicted molar refractivity (Wildman–Crippen MR) is 92.4 cm³/mol. The molecule has 112 valence electrons. The van der Waals surface area contributed by atoms with E-state index in [1.54, 1.807) is 0 Å². The van der Waals surface area contributed by atoms with Gasteiger partial charge in [-0.3, -0.25) is 0 Å². The Kier molecular flexibility index (Phi) is 16.5. The van der Waals surface area contributed by atoms with Crippen molar-refractivity contribution in [3.63, 3.8) is 0 Å². The molecule has 0 unspecified atom stereocenters. The van der Waals surface area contributed by atoms with Crippen molar-refractivity contribution in [2.45, 2.75) is 66.1 Å². The zero-order chi connectivity index (χ0) is 14.6. The molecule has 0 N–H and O–H groups in total. The van der Waals surface area contributed by atoms with Crippen molar-refractivity contribution in [1.82, 2.24) is 0 Å². The largest absolute Gasteiger partial charge is 0.382 e. The highest BCUT2D eigenvalue weighted by atomic mass is 32.2. The average Bonchev–Trinajstić information content (AvgIpc) is 2.22. The lowest BCUT2D eigenvalue weighted by Gasteiger charge is -2.07. The summed E-state index contributed by atoms with van der Waals surface area (Å²) in [6.45, 7) is 17.6. The Morgan fingerprint density at radius 1 is 0.833 bits per heavy atom. The summed E-state index contributed by atoms with van der Waals surface area (Å²) in [4.78, 5) is 0. The van der Waals surface area contributed by atoms with E-state index in [0.29, 0.717) is 12.2 Å². The van der Waals surface area contributed by atoms with Gasteiger partial charge < -0.3 is 9.47 Å². The van der Waals surface area contributed by atoms with Gasteiger partial charge in [-0.25, -0.2) is 0 Å². The monoisotopic (exact) mass is 310 g/mol. The fourth-order valence-electron chi connectivity index (χ4n) is 0.853. The van der Waals surface area contributed by atoms with Crippen LogP contribution in [0.4, 0.5) is 0 Å². The maximum Gasteiger partial charge on any atom is 0.0921 e. The fraction of sp³-hybridized carbons (Fsp3) is 1.00. The minimum absolute atomic E-state index is 0.351. The molecule has 0 aliphatic rings. The molecule has 18 heavy (non-hydrogen) atoms. The van der Waals surface area contributed by atoms with Crippen LogP contribution in [0.2, 0.25) is 26.2 Å². The van der Waals surface area contributed by atoms with Gasteiger partial charge in [0.1, 0.15) is 0 Å². The molecule has 0 aromatic carbocycles. The van der Waals surface area contributed by atoms with Crippen LogP contribution >= 0.6 is 11.8 Å². The first-order valence-electron chi connectivity index (χ1n) is 7.06. The van der Waals surface area contributed by atoms with Gasteiger partial charge in [0.25, 0.3) is 0 Å². The van der Waals surface area contributed by atoms with Crippen LogP contribution in [0, 0.1) is 0 Å². The normalized spacial score (nSPS) is 11.3. The Bertz CT molecular complexity index is 147. The quantitative estimate of drug-likeness (QED) is 0.388. The van der Waals surface area contributed by atoms with Crippen LogP contribution in [0.5, 0.6) is 0 Å². The highest BCUT2D eigenvalue weighted by Gasteiger charge is 1.97. The van der Waals surface area contributed by atoms with Crippen molar-refractivity contribution >= 4 is 29.4 Å². The number of ether oxygens (including phenoxy) is 2. The lowest BCUT2D eigenvalue weighted by molar-refractivity contribution is 0.114. The molecule has 0 spiro atoms. The first-order chi connectivity index (χ1) is 8.25. The Morgan fingerprint density at radius 3 is 1.61 bits per heavy atom. The number of hydrogen-bond donors (Lipinski definition) is 0. The second-order valence-corrected chi connectivity index (χ2v) is 13.8.